The zero-order chi connectivity index (χ0) is 9.14. The minimum atomic E-state index is 0.677. The minimum absolute atomic E-state index is 0.677. The van der Waals surface area contributed by atoms with Gasteiger partial charge < -0.3 is 0 Å². The van der Waals surface area contributed by atoms with E-state index in [4.69, 9.17) is 11.6 Å². The monoisotopic (exact) mass is 202 g/mol. The molecule has 68 valence electrons. The molecule has 0 aromatic heterocycles. The number of rotatable bonds is 3. The van der Waals surface area contributed by atoms with E-state index in [0.29, 0.717) is 5.25 Å². The highest BCUT2D eigenvalue weighted by atomic mass is 35.5. The Morgan fingerprint density at radius 1 is 1.67 bits per heavy atom. The van der Waals surface area contributed by atoms with Crippen molar-refractivity contribution in [3.05, 3.63) is 21.6 Å². The molecule has 0 radical (unpaired) electrons. The van der Waals surface area contributed by atoms with Crippen molar-refractivity contribution in [2.75, 3.05) is 0 Å². The maximum atomic E-state index is 6.08. The first-order valence-corrected chi connectivity index (χ1v) is 5.61. The van der Waals surface area contributed by atoms with Crippen LogP contribution in [0.15, 0.2) is 21.6 Å². The standard InChI is InChI=1S/C10H15ClS/c1-4-8(3)12-10-6-7(2)5-9(10)11/h6,8H,4-5H2,1-3H3. The van der Waals surface area contributed by atoms with Gasteiger partial charge in [-0.25, -0.2) is 0 Å². The third-order valence-corrected chi connectivity index (χ3v) is 3.79. The van der Waals surface area contributed by atoms with Crippen LogP contribution in [0.5, 0.6) is 0 Å². The van der Waals surface area contributed by atoms with Gasteiger partial charge in [-0.2, -0.15) is 0 Å². The predicted octanol–water partition coefficient (Wildman–Crippen LogP) is 4.32. The number of hydrogen-bond donors (Lipinski definition) is 0. The van der Waals surface area contributed by atoms with Gasteiger partial charge >= 0.3 is 0 Å². The Kier molecular flexibility index (Phi) is 3.73. The Hall–Kier alpha value is 0.120. The summed E-state index contributed by atoms with van der Waals surface area (Å²) in [6.07, 6.45) is 4.37. The van der Waals surface area contributed by atoms with Crippen molar-refractivity contribution >= 4 is 23.4 Å². The average Bonchev–Trinajstić information content (AvgIpc) is 2.30. The minimum Gasteiger partial charge on any atom is -0.122 e. The van der Waals surface area contributed by atoms with Crippen molar-refractivity contribution in [1.29, 1.82) is 0 Å². The quantitative estimate of drug-likeness (QED) is 0.657. The summed E-state index contributed by atoms with van der Waals surface area (Å²) in [5.41, 5.74) is 1.38. The topological polar surface area (TPSA) is 0 Å². The van der Waals surface area contributed by atoms with Gasteiger partial charge in [0.15, 0.2) is 0 Å². The van der Waals surface area contributed by atoms with E-state index >= 15 is 0 Å². The van der Waals surface area contributed by atoms with E-state index < -0.39 is 0 Å². The van der Waals surface area contributed by atoms with E-state index in [0.717, 1.165) is 11.5 Å². The van der Waals surface area contributed by atoms with Crippen LogP contribution in [0.25, 0.3) is 0 Å². The van der Waals surface area contributed by atoms with Crippen LogP contribution in [0.2, 0.25) is 0 Å². The molecule has 0 saturated carbocycles. The first-order valence-electron chi connectivity index (χ1n) is 4.36. The van der Waals surface area contributed by atoms with Crippen molar-refractivity contribution in [3.8, 4) is 0 Å². The highest BCUT2D eigenvalue weighted by molar-refractivity contribution is 8.03. The van der Waals surface area contributed by atoms with Gasteiger partial charge in [-0.3, -0.25) is 0 Å². The van der Waals surface area contributed by atoms with Crippen LogP contribution < -0.4 is 0 Å². The highest BCUT2D eigenvalue weighted by Crippen LogP contribution is 2.37. The fraction of sp³-hybridized carbons (Fsp3) is 0.600. The first-order chi connectivity index (χ1) is 5.63. The highest BCUT2D eigenvalue weighted by Gasteiger charge is 2.13. The number of halogens is 1. The van der Waals surface area contributed by atoms with Gasteiger partial charge in [0.1, 0.15) is 0 Å². The van der Waals surface area contributed by atoms with Gasteiger partial charge in [0, 0.05) is 21.6 Å². The molecule has 0 fully saturated rings. The molecule has 0 amide bonds. The van der Waals surface area contributed by atoms with Crippen LogP contribution >= 0.6 is 23.4 Å². The molecule has 0 bridgehead atoms. The first kappa shape index (κ1) is 10.2. The van der Waals surface area contributed by atoms with Crippen LogP contribution in [-0.4, -0.2) is 5.25 Å². The summed E-state index contributed by atoms with van der Waals surface area (Å²) in [7, 11) is 0. The summed E-state index contributed by atoms with van der Waals surface area (Å²) in [5, 5.41) is 1.70. The van der Waals surface area contributed by atoms with E-state index in [1.54, 1.807) is 0 Å². The number of hydrogen-bond acceptors (Lipinski definition) is 1. The Balaban J connectivity index is 2.57. The lowest BCUT2D eigenvalue weighted by molar-refractivity contribution is 0.909. The van der Waals surface area contributed by atoms with E-state index in [1.165, 1.54) is 16.9 Å². The molecule has 0 aromatic carbocycles. The van der Waals surface area contributed by atoms with Crippen molar-refractivity contribution in [3.63, 3.8) is 0 Å². The van der Waals surface area contributed by atoms with Gasteiger partial charge in [0.05, 0.1) is 0 Å². The van der Waals surface area contributed by atoms with E-state index in [1.807, 2.05) is 11.8 Å². The number of thioether (sulfide) groups is 1. The van der Waals surface area contributed by atoms with Gasteiger partial charge in [-0.15, -0.1) is 11.8 Å². The summed E-state index contributed by atoms with van der Waals surface area (Å²) in [4.78, 5) is 1.28. The zero-order valence-electron chi connectivity index (χ0n) is 7.86. The van der Waals surface area contributed by atoms with Crippen LogP contribution in [0.4, 0.5) is 0 Å². The maximum Gasteiger partial charge on any atom is 0.0357 e. The molecule has 1 rings (SSSR count). The van der Waals surface area contributed by atoms with E-state index in [-0.39, 0.29) is 0 Å². The van der Waals surface area contributed by atoms with Crippen LogP contribution in [0.3, 0.4) is 0 Å². The molecule has 0 N–H and O–H groups in total. The SMILES string of the molecule is CCC(C)SC1=C(Cl)CC(C)=C1. The van der Waals surface area contributed by atoms with Gasteiger partial charge in [-0.1, -0.05) is 31.0 Å². The summed E-state index contributed by atoms with van der Waals surface area (Å²) in [6, 6.07) is 0. The molecule has 1 atom stereocenters. The Morgan fingerprint density at radius 3 is 2.75 bits per heavy atom. The van der Waals surface area contributed by atoms with Gasteiger partial charge in [0.25, 0.3) is 0 Å². The van der Waals surface area contributed by atoms with E-state index in [9.17, 15) is 0 Å². The van der Waals surface area contributed by atoms with Gasteiger partial charge in [0.2, 0.25) is 0 Å². The molecule has 1 aliphatic rings. The molecule has 1 aliphatic carbocycles. The smallest absolute Gasteiger partial charge is 0.0357 e. The molecule has 0 saturated heterocycles. The second-order valence-corrected chi connectivity index (χ2v) is 5.21. The van der Waals surface area contributed by atoms with Gasteiger partial charge in [-0.05, 0) is 19.4 Å². The normalized spacial score (nSPS) is 19.8. The Labute approximate surface area is 84.1 Å². The summed E-state index contributed by atoms with van der Waals surface area (Å²) >= 11 is 7.97. The summed E-state index contributed by atoms with van der Waals surface area (Å²) < 4.78 is 0. The molecule has 2 heteroatoms. The third kappa shape index (κ3) is 2.56. The largest absolute Gasteiger partial charge is 0.122 e. The maximum absolute atomic E-state index is 6.08. The molecular weight excluding hydrogens is 188 g/mol. The Bertz CT molecular complexity index is 228. The van der Waals surface area contributed by atoms with Crippen LogP contribution in [0, 0.1) is 0 Å². The van der Waals surface area contributed by atoms with Crippen molar-refractivity contribution in [1.82, 2.24) is 0 Å². The molecule has 1 unspecified atom stereocenters. The molecule has 0 spiro atoms. The summed E-state index contributed by atoms with van der Waals surface area (Å²) in [6.45, 7) is 6.58. The molecule has 12 heavy (non-hydrogen) atoms. The lowest BCUT2D eigenvalue weighted by Crippen LogP contribution is -1.91. The second kappa shape index (κ2) is 4.38. The van der Waals surface area contributed by atoms with Crippen molar-refractivity contribution in [2.45, 2.75) is 38.9 Å². The Morgan fingerprint density at radius 2 is 2.33 bits per heavy atom. The van der Waals surface area contributed by atoms with Crippen LogP contribution in [-0.2, 0) is 0 Å². The molecular formula is C10H15ClS. The molecule has 0 heterocycles. The fourth-order valence-corrected chi connectivity index (χ4v) is 2.55. The van der Waals surface area contributed by atoms with Crippen LogP contribution in [0.1, 0.15) is 33.6 Å². The molecule has 0 aromatic rings. The van der Waals surface area contributed by atoms with Crippen molar-refractivity contribution in [2.24, 2.45) is 0 Å². The third-order valence-electron chi connectivity index (χ3n) is 1.98. The van der Waals surface area contributed by atoms with E-state index in [2.05, 4.69) is 26.8 Å². The van der Waals surface area contributed by atoms with Crippen molar-refractivity contribution < 1.29 is 0 Å². The zero-order valence-corrected chi connectivity index (χ0v) is 9.43. The fourth-order valence-electron chi connectivity index (χ4n) is 1.08. The molecule has 0 nitrogen and oxygen atoms in total. The average molecular weight is 203 g/mol. The number of allylic oxidation sites excluding steroid dienone is 3. The second-order valence-electron chi connectivity index (χ2n) is 3.27. The molecule has 0 aliphatic heterocycles. The lowest BCUT2D eigenvalue weighted by atomic mass is 10.3. The lowest BCUT2D eigenvalue weighted by Gasteiger charge is -2.07. The predicted molar refractivity (Wildman–Crippen MR) is 58.6 cm³/mol. The summed E-state index contributed by atoms with van der Waals surface area (Å²) in [5.74, 6) is 0.